The third-order valence-corrected chi connectivity index (χ3v) is 3.44. The smallest absolute Gasteiger partial charge is 0.245 e. The van der Waals surface area contributed by atoms with Gasteiger partial charge in [-0.15, -0.1) is 0 Å². The van der Waals surface area contributed by atoms with Crippen LogP contribution in [0, 0.1) is 5.82 Å². The van der Waals surface area contributed by atoms with Crippen molar-refractivity contribution >= 4 is 11.9 Å². The van der Waals surface area contributed by atoms with Gasteiger partial charge in [-0.2, -0.15) is 0 Å². The van der Waals surface area contributed by atoms with Crippen LogP contribution in [0.25, 0.3) is 0 Å². The first kappa shape index (κ1) is 12.5. The van der Waals surface area contributed by atoms with E-state index in [9.17, 15) is 9.18 Å². The van der Waals surface area contributed by atoms with Crippen molar-refractivity contribution in [1.29, 1.82) is 0 Å². The largest absolute Gasteiger partial charge is 0.367 e. The second-order valence-corrected chi connectivity index (χ2v) is 4.64. The van der Waals surface area contributed by atoms with Gasteiger partial charge in [0, 0.05) is 6.54 Å². The van der Waals surface area contributed by atoms with Gasteiger partial charge in [0.2, 0.25) is 11.9 Å². The molecular weight excluding hydrogens is 263 g/mol. The van der Waals surface area contributed by atoms with Crippen LogP contribution in [-0.4, -0.2) is 37.6 Å². The number of amides is 1. The maximum atomic E-state index is 12.9. The summed E-state index contributed by atoms with van der Waals surface area (Å²) >= 11 is 0. The molecule has 3 rings (SSSR count). The van der Waals surface area contributed by atoms with E-state index in [-0.39, 0.29) is 30.3 Å². The topological polar surface area (TPSA) is 89.9 Å². The van der Waals surface area contributed by atoms with Gasteiger partial charge in [-0.25, -0.2) is 9.07 Å². The number of tetrazole rings is 1. The molecule has 1 aromatic heterocycles. The fourth-order valence-corrected chi connectivity index (χ4v) is 2.26. The number of rotatable bonds is 3. The molecule has 0 saturated carbocycles. The Kier molecular flexibility index (Phi) is 3.05. The number of anilines is 1. The predicted molar refractivity (Wildman–Crippen MR) is 67.7 cm³/mol. The van der Waals surface area contributed by atoms with Gasteiger partial charge in [0.1, 0.15) is 12.4 Å². The van der Waals surface area contributed by atoms with E-state index in [0.29, 0.717) is 6.54 Å². The predicted octanol–water partition coefficient (Wildman–Crippen LogP) is 0.368. The summed E-state index contributed by atoms with van der Waals surface area (Å²) in [6, 6.07) is 6.18. The molecule has 1 amide bonds. The van der Waals surface area contributed by atoms with Crippen molar-refractivity contribution in [3.05, 3.63) is 35.6 Å². The van der Waals surface area contributed by atoms with E-state index in [0.717, 1.165) is 12.0 Å². The Morgan fingerprint density at radius 2 is 2.15 bits per heavy atom. The van der Waals surface area contributed by atoms with Crippen molar-refractivity contribution in [3.63, 3.8) is 0 Å². The lowest BCUT2D eigenvalue weighted by Crippen LogP contribution is -2.46. The molecule has 0 bridgehead atoms. The molecular formula is C12H13FN6O. The molecule has 1 atom stereocenters. The van der Waals surface area contributed by atoms with Crippen LogP contribution in [-0.2, 0) is 11.3 Å². The number of carbonyl (C=O) groups is 1. The summed E-state index contributed by atoms with van der Waals surface area (Å²) in [5, 5.41) is 10.6. The number of benzene rings is 1. The highest BCUT2D eigenvalue weighted by Crippen LogP contribution is 2.33. The molecule has 1 aliphatic heterocycles. The van der Waals surface area contributed by atoms with Crippen molar-refractivity contribution < 1.29 is 9.18 Å². The Labute approximate surface area is 114 Å². The SMILES string of the molecule is Nc1nnnn1CC(=O)N1CC[C@H]1c1ccc(F)cc1. The number of nitrogens with zero attached hydrogens (tertiary/aromatic N) is 5. The average Bonchev–Trinajstić information content (AvgIpc) is 2.76. The number of hydrogen-bond donors (Lipinski definition) is 1. The minimum absolute atomic E-state index is 0.0104. The minimum Gasteiger partial charge on any atom is -0.367 e. The molecule has 0 radical (unpaired) electrons. The second kappa shape index (κ2) is 4.87. The summed E-state index contributed by atoms with van der Waals surface area (Å²) in [6.45, 7) is 0.680. The van der Waals surface area contributed by atoms with Gasteiger partial charge in [-0.05, 0) is 34.5 Å². The summed E-state index contributed by atoms with van der Waals surface area (Å²) in [5.41, 5.74) is 6.45. The highest BCUT2D eigenvalue weighted by atomic mass is 19.1. The summed E-state index contributed by atoms with van der Waals surface area (Å²) in [5.74, 6) is -0.283. The Bertz CT molecular complexity index is 625. The van der Waals surface area contributed by atoms with Crippen molar-refractivity contribution in [1.82, 2.24) is 25.1 Å². The average molecular weight is 276 g/mol. The molecule has 7 nitrogen and oxygen atoms in total. The Hall–Kier alpha value is -2.51. The molecule has 2 N–H and O–H groups in total. The van der Waals surface area contributed by atoms with Crippen LogP contribution in [0.3, 0.4) is 0 Å². The van der Waals surface area contributed by atoms with Crippen molar-refractivity contribution in [2.45, 2.75) is 19.0 Å². The molecule has 0 spiro atoms. The standard InChI is InChI=1S/C12H13FN6O/c13-9-3-1-8(2-4-9)10-5-6-18(10)11(20)7-19-12(14)15-16-17-19/h1-4,10H,5-7H2,(H2,14,15,17)/t10-/m0/s1. The monoisotopic (exact) mass is 276 g/mol. The van der Waals surface area contributed by atoms with E-state index in [4.69, 9.17) is 5.73 Å². The molecule has 0 aliphatic carbocycles. The van der Waals surface area contributed by atoms with Crippen LogP contribution in [0.1, 0.15) is 18.0 Å². The number of nitrogen functional groups attached to an aromatic ring is 1. The molecule has 2 heterocycles. The molecule has 1 aromatic carbocycles. The van der Waals surface area contributed by atoms with Gasteiger partial charge in [-0.1, -0.05) is 17.2 Å². The zero-order valence-electron chi connectivity index (χ0n) is 10.6. The van der Waals surface area contributed by atoms with E-state index in [1.807, 2.05) is 0 Å². The number of nitrogens with two attached hydrogens (primary N) is 1. The number of aromatic nitrogens is 4. The van der Waals surface area contributed by atoms with E-state index in [1.54, 1.807) is 17.0 Å². The second-order valence-electron chi connectivity index (χ2n) is 4.64. The van der Waals surface area contributed by atoms with Gasteiger partial charge in [0.05, 0.1) is 6.04 Å². The van der Waals surface area contributed by atoms with Gasteiger partial charge in [0.25, 0.3) is 0 Å². The summed E-state index contributed by atoms with van der Waals surface area (Å²) < 4.78 is 14.2. The van der Waals surface area contributed by atoms with Gasteiger partial charge in [0.15, 0.2) is 0 Å². The first-order valence-corrected chi connectivity index (χ1v) is 6.22. The van der Waals surface area contributed by atoms with E-state index in [1.165, 1.54) is 16.8 Å². The lowest BCUT2D eigenvalue weighted by Gasteiger charge is -2.41. The molecule has 2 aromatic rings. The number of likely N-dealkylation sites (tertiary alicyclic amines) is 1. The molecule has 20 heavy (non-hydrogen) atoms. The zero-order chi connectivity index (χ0) is 14.1. The number of carbonyl (C=O) groups excluding carboxylic acids is 1. The van der Waals surface area contributed by atoms with Crippen molar-refractivity contribution in [2.75, 3.05) is 12.3 Å². The molecule has 1 saturated heterocycles. The van der Waals surface area contributed by atoms with Crippen LogP contribution in [0.15, 0.2) is 24.3 Å². The Morgan fingerprint density at radius 1 is 1.40 bits per heavy atom. The molecule has 1 fully saturated rings. The first-order valence-electron chi connectivity index (χ1n) is 6.22. The first-order chi connectivity index (χ1) is 9.65. The van der Waals surface area contributed by atoms with Crippen LogP contribution >= 0.6 is 0 Å². The molecule has 104 valence electrons. The Morgan fingerprint density at radius 3 is 2.70 bits per heavy atom. The summed E-state index contributed by atoms with van der Waals surface area (Å²) in [4.78, 5) is 13.9. The van der Waals surface area contributed by atoms with Gasteiger partial charge >= 0.3 is 0 Å². The van der Waals surface area contributed by atoms with Crippen molar-refractivity contribution in [2.24, 2.45) is 0 Å². The lowest BCUT2D eigenvalue weighted by atomic mass is 9.94. The zero-order valence-corrected chi connectivity index (χ0v) is 10.6. The maximum absolute atomic E-state index is 12.9. The summed E-state index contributed by atoms with van der Waals surface area (Å²) in [7, 11) is 0. The van der Waals surface area contributed by atoms with Crippen LogP contribution in [0.4, 0.5) is 10.3 Å². The Balaban J connectivity index is 1.70. The molecule has 8 heteroatoms. The van der Waals surface area contributed by atoms with Crippen molar-refractivity contribution in [3.8, 4) is 0 Å². The number of hydrogen-bond acceptors (Lipinski definition) is 5. The van der Waals surface area contributed by atoms with Gasteiger partial charge in [-0.3, -0.25) is 4.79 Å². The quantitative estimate of drug-likeness (QED) is 0.874. The normalized spacial score (nSPS) is 17.9. The fourth-order valence-electron chi connectivity index (χ4n) is 2.26. The highest BCUT2D eigenvalue weighted by Gasteiger charge is 2.33. The molecule has 0 unspecified atom stereocenters. The van der Waals surface area contributed by atoms with E-state index in [2.05, 4.69) is 15.5 Å². The van der Waals surface area contributed by atoms with Crippen LogP contribution in [0.2, 0.25) is 0 Å². The lowest BCUT2D eigenvalue weighted by molar-refractivity contribution is -0.140. The third-order valence-electron chi connectivity index (χ3n) is 3.44. The maximum Gasteiger partial charge on any atom is 0.245 e. The highest BCUT2D eigenvalue weighted by molar-refractivity contribution is 5.77. The van der Waals surface area contributed by atoms with Crippen LogP contribution in [0.5, 0.6) is 0 Å². The fraction of sp³-hybridized carbons (Fsp3) is 0.333. The molecule has 1 aliphatic rings. The summed E-state index contributed by atoms with van der Waals surface area (Å²) in [6.07, 6.45) is 0.864. The minimum atomic E-state index is -0.285. The van der Waals surface area contributed by atoms with Crippen LogP contribution < -0.4 is 5.73 Å². The van der Waals surface area contributed by atoms with E-state index < -0.39 is 0 Å². The van der Waals surface area contributed by atoms with Gasteiger partial charge < -0.3 is 10.6 Å². The van der Waals surface area contributed by atoms with E-state index >= 15 is 0 Å². The number of halogens is 1. The third kappa shape index (κ3) is 2.20.